The second kappa shape index (κ2) is 7.56. The summed E-state index contributed by atoms with van der Waals surface area (Å²) in [5, 5.41) is 16.2. The number of carbonyl (C=O) groups excluding carboxylic acids is 3. The molecule has 2 rings (SSSR count). The van der Waals surface area contributed by atoms with Gasteiger partial charge < -0.3 is 16.0 Å². The molecule has 0 spiro atoms. The fourth-order valence-corrected chi connectivity index (χ4v) is 1.92. The predicted molar refractivity (Wildman–Crippen MR) is 89.2 cm³/mol. The van der Waals surface area contributed by atoms with E-state index in [0.717, 1.165) is 0 Å². The van der Waals surface area contributed by atoms with E-state index in [1.165, 1.54) is 19.1 Å². The van der Waals surface area contributed by atoms with E-state index in [1.54, 1.807) is 36.4 Å². The zero-order valence-electron chi connectivity index (χ0n) is 12.8. The standard InChI is InChI=1S/C17H14N4O3/c1-11(22)19-14-6-3-7-15(9-14)21-17(24)16(23)20-13-5-2-4-12(8-13)10-18/h2-9H,1H3,(H,19,22)(H,20,23)(H,21,24). The highest BCUT2D eigenvalue weighted by molar-refractivity contribution is 6.43. The molecule has 24 heavy (non-hydrogen) atoms. The minimum absolute atomic E-state index is 0.242. The monoisotopic (exact) mass is 322 g/mol. The van der Waals surface area contributed by atoms with E-state index in [0.29, 0.717) is 22.6 Å². The van der Waals surface area contributed by atoms with Crippen LogP contribution in [0.1, 0.15) is 12.5 Å². The Balaban J connectivity index is 2.02. The highest BCUT2D eigenvalue weighted by atomic mass is 16.2. The van der Waals surface area contributed by atoms with Crippen LogP contribution in [0.5, 0.6) is 0 Å². The van der Waals surface area contributed by atoms with Gasteiger partial charge in [0.15, 0.2) is 0 Å². The lowest BCUT2D eigenvalue weighted by Crippen LogP contribution is -2.29. The van der Waals surface area contributed by atoms with Crippen LogP contribution in [-0.4, -0.2) is 17.7 Å². The molecular weight excluding hydrogens is 308 g/mol. The molecule has 0 saturated carbocycles. The van der Waals surface area contributed by atoms with Crippen molar-refractivity contribution in [3.05, 3.63) is 54.1 Å². The molecule has 0 unspecified atom stereocenters. The molecule has 0 aliphatic carbocycles. The molecule has 3 N–H and O–H groups in total. The summed E-state index contributed by atoms with van der Waals surface area (Å²) in [6, 6.07) is 14.6. The van der Waals surface area contributed by atoms with Gasteiger partial charge in [0.25, 0.3) is 0 Å². The average Bonchev–Trinajstić information content (AvgIpc) is 2.54. The van der Waals surface area contributed by atoms with Crippen molar-refractivity contribution in [1.29, 1.82) is 5.26 Å². The molecule has 120 valence electrons. The quantitative estimate of drug-likeness (QED) is 0.751. The average molecular weight is 322 g/mol. The van der Waals surface area contributed by atoms with Crippen molar-refractivity contribution < 1.29 is 14.4 Å². The van der Waals surface area contributed by atoms with Crippen LogP contribution in [0, 0.1) is 11.3 Å². The van der Waals surface area contributed by atoms with Crippen molar-refractivity contribution in [2.45, 2.75) is 6.92 Å². The number of carbonyl (C=O) groups is 3. The maximum atomic E-state index is 11.9. The van der Waals surface area contributed by atoms with Gasteiger partial charge in [-0.15, -0.1) is 0 Å². The van der Waals surface area contributed by atoms with E-state index in [1.807, 2.05) is 6.07 Å². The molecule has 0 saturated heterocycles. The van der Waals surface area contributed by atoms with Crippen molar-refractivity contribution in [3.63, 3.8) is 0 Å². The van der Waals surface area contributed by atoms with Crippen LogP contribution in [0.25, 0.3) is 0 Å². The van der Waals surface area contributed by atoms with E-state index in [2.05, 4.69) is 16.0 Å². The number of rotatable bonds is 3. The Morgan fingerprint density at radius 1 is 0.833 bits per heavy atom. The van der Waals surface area contributed by atoms with E-state index < -0.39 is 11.8 Å². The fourth-order valence-electron chi connectivity index (χ4n) is 1.92. The van der Waals surface area contributed by atoms with Gasteiger partial charge in [0.05, 0.1) is 11.6 Å². The SMILES string of the molecule is CC(=O)Nc1cccc(NC(=O)C(=O)Nc2cccc(C#N)c2)c1. The minimum atomic E-state index is -0.866. The first-order valence-corrected chi connectivity index (χ1v) is 6.98. The number of hydrogen-bond donors (Lipinski definition) is 3. The summed E-state index contributed by atoms with van der Waals surface area (Å²) < 4.78 is 0. The van der Waals surface area contributed by atoms with Gasteiger partial charge in [-0.25, -0.2) is 0 Å². The summed E-state index contributed by atoms with van der Waals surface area (Å²) in [5.74, 6) is -1.97. The molecule has 3 amide bonds. The molecule has 7 nitrogen and oxygen atoms in total. The van der Waals surface area contributed by atoms with E-state index in [4.69, 9.17) is 5.26 Å². The lowest BCUT2D eigenvalue weighted by molar-refractivity contribution is -0.132. The summed E-state index contributed by atoms with van der Waals surface area (Å²) in [6.45, 7) is 1.37. The Hall–Kier alpha value is -3.66. The number of hydrogen-bond acceptors (Lipinski definition) is 4. The van der Waals surface area contributed by atoms with E-state index >= 15 is 0 Å². The molecule has 2 aromatic rings. The van der Waals surface area contributed by atoms with Crippen molar-refractivity contribution in [1.82, 2.24) is 0 Å². The van der Waals surface area contributed by atoms with Gasteiger partial charge in [-0.2, -0.15) is 5.26 Å². The Labute approximate surface area is 138 Å². The van der Waals surface area contributed by atoms with Gasteiger partial charge in [-0.3, -0.25) is 14.4 Å². The summed E-state index contributed by atoms with van der Waals surface area (Å²) in [5.41, 5.74) is 1.59. The molecule has 2 aromatic carbocycles. The smallest absolute Gasteiger partial charge is 0.314 e. The third-order valence-electron chi connectivity index (χ3n) is 2.90. The zero-order valence-corrected chi connectivity index (χ0v) is 12.8. The van der Waals surface area contributed by atoms with Crippen LogP contribution in [-0.2, 0) is 14.4 Å². The molecular formula is C17H14N4O3. The van der Waals surface area contributed by atoms with Crippen LogP contribution in [0.15, 0.2) is 48.5 Å². The van der Waals surface area contributed by atoms with Crippen molar-refractivity contribution in [2.75, 3.05) is 16.0 Å². The number of benzene rings is 2. The molecule has 7 heteroatoms. The molecule has 0 radical (unpaired) electrons. The van der Waals surface area contributed by atoms with Gasteiger partial charge in [0.2, 0.25) is 5.91 Å². The summed E-state index contributed by atoms with van der Waals surface area (Å²) in [6.07, 6.45) is 0. The predicted octanol–water partition coefficient (Wildman–Crippen LogP) is 2.09. The zero-order chi connectivity index (χ0) is 17.5. The Morgan fingerprint density at radius 2 is 1.33 bits per heavy atom. The number of nitrogens with zero attached hydrogens (tertiary/aromatic N) is 1. The van der Waals surface area contributed by atoms with Crippen LogP contribution in [0.3, 0.4) is 0 Å². The highest BCUT2D eigenvalue weighted by Gasteiger charge is 2.14. The van der Waals surface area contributed by atoms with Crippen LogP contribution >= 0.6 is 0 Å². The Morgan fingerprint density at radius 3 is 1.88 bits per heavy atom. The third-order valence-corrected chi connectivity index (χ3v) is 2.90. The molecule has 0 aliphatic rings. The summed E-state index contributed by atoms with van der Waals surface area (Å²) in [4.78, 5) is 34.9. The Kier molecular flexibility index (Phi) is 5.26. The second-order valence-corrected chi connectivity index (χ2v) is 4.86. The van der Waals surface area contributed by atoms with Crippen molar-refractivity contribution in [3.8, 4) is 6.07 Å². The van der Waals surface area contributed by atoms with Gasteiger partial charge in [-0.05, 0) is 36.4 Å². The minimum Gasteiger partial charge on any atom is -0.326 e. The largest absolute Gasteiger partial charge is 0.326 e. The maximum absolute atomic E-state index is 11.9. The number of amides is 3. The van der Waals surface area contributed by atoms with Crippen molar-refractivity contribution >= 4 is 34.8 Å². The number of nitrogens with one attached hydrogen (secondary N) is 3. The maximum Gasteiger partial charge on any atom is 0.314 e. The first-order chi connectivity index (χ1) is 11.5. The van der Waals surface area contributed by atoms with Crippen molar-refractivity contribution in [2.24, 2.45) is 0 Å². The highest BCUT2D eigenvalue weighted by Crippen LogP contribution is 2.15. The molecule has 0 atom stereocenters. The van der Waals surface area contributed by atoms with E-state index in [-0.39, 0.29) is 5.91 Å². The molecule has 0 fully saturated rings. The fraction of sp³-hybridized carbons (Fsp3) is 0.0588. The van der Waals surface area contributed by atoms with Crippen LogP contribution in [0.4, 0.5) is 17.1 Å². The normalized spacial score (nSPS) is 9.50. The number of anilines is 3. The molecule has 0 aliphatic heterocycles. The van der Waals surface area contributed by atoms with E-state index in [9.17, 15) is 14.4 Å². The van der Waals surface area contributed by atoms with Crippen LogP contribution in [0.2, 0.25) is 0 Å². The lowest BCUT2D eigenvalue weighted by Gasteiger charge is -2.08. The first kappa shape index (κ1) is 16.7. The van der Waals surface area contributed by atoms with Crippen LogP contribution < -0.4 is 16.0 Å². The van der Waals surface area contributed by atoms with Gasteiger partial charge >= 0.3 is 11.8 Å². The number of nitriles is 1. The topological polar surface area (TPSA) is 111 Å². The first-order valence-electron chi connectivity index (χ1n) is 6.98. The van der Waals surface area contributed by atoms with Gasteiger partial charge in [-0.1, -0.05) is 12.1 Å². The molecule has 0 aromatic heterocycles. The summed E-state index contributed by atoms with van der Waals surface area (Å²) >= 11 is 0. The Bertz CT molecular complexity index is 840. The van der Waals surface area contributed by atoms with Gasteiger partial charge in [0.1, 0.15) is 0 Å². The third kappa shape index (κ3) is 4.68. The lowest BCUT2D eigenvalue weighted by atomic mass is 10.2. The molecule has 0 bridgehead atoms. The second-order valence-electron chi connectivity index (χ2n) is 4.86. The van der Waals surface area contributed by atoms with Gasteiger partial charge in [0, 0.05) is 24.0 Å². The summed E-state index contributed by atoms with van der Waals surface area (Å²) in [7, 11) is 0. The molecule has 0 heterocycles.